The molecule has 190 valence electrons. The molecule has 0 N–H and O–H groups in total. The fraction of sp³-hybridized carbons (Fsp3) is 0.300. The van der Waals surface area contributed by atoms with Crippen molar-refractivity contribution in [3.8, 4) is 17.1 Å². The molecule has 2 aliphatic heterocycles. The molecule has 0 spiro atoms. The lowest BCUT2D eigenvalue weighted by Gasteiger charge is -2.37. The van der Waals surface area contributed by atoms with Crippen molar-refractivity contribution in [1.29, 1.82) is 0 Å². The van der Waals surface area contributed by atoms with Crippen molar-refractivity contribution >= 4 is 11.9 Å². The molecule has 2 saturated heterocycles. The molecule has 38 heavy (non-hydrogen) atoms. The van der Waals surface area contributed by atoms with E-state index in [1.54, 1.807) is 35.7 Å². The van der Waals surface area contributed by atoms with Crippen LogP contribution in [-0.2, 0) is 4.74 Å². The summed E-state index contributed by atoms with van der Waals surface area (Å²) in [6.07, 6.45) is 11.0. The zero-order valence-electron chi connectivity index (χ0n) is 20.8. The van der Waals surface area contributed by atoms with E-state index in [4.69, 9.17) is 4.74 Å². The number of Topliss-reactive ketones (excluding diaryl/α,β-unsaturated/α-hetero) is 1. The molecule has 2 bridgehead atoms. The van der Waals surface area contributed by atoms with Gasteiger partial charge in [0.2, 0.25) is 5.95 Å². The molecule has 2 fully saturated rings. The average Bonchev–Trinajstić information content (AvgIpc) is 3.67. The summed E-state index contributed by atoms with van der Waals surface area (Å²) in [6.45, 7) is 0.311. The van der Waals surface area contributed by atoms with Gasteiger partial charge < -0.3 is 9.64 Å². The molecule has 2 aromatic heterocycles. The number of hydrogen-bond donors (Lipinski definition) is 0. The summed E-state index contributed by atoms with van der Waals surface area (Å²) in [4.78, 5) is 41.2. The number of nitrogens with zero attached hydrogens (tertiary/aromatic N) is 5. The van der Waals surface area contributed by atoms with Crippen molar-refractivity contribution in [1.82, 2.24) is 24.4 Å². The molecule has 0 radical (unpaired) electrons. The van der Waals surface area contributed by atoms with Crippen molar-refractivity contribution in [3.05, 3.63) is 96.3 Å². The molecule has 4 aromatic rings. The predicted octanol–water partition coefficient (Wildman–Crippen LogP) is 5.04. The van der Waals surface area contributed by atoms with E-state index in [2.05, 4.69) is 39.2 Å². The van der Waals surface area contributed by atoms with Gasteiger partial charge in [-0.2, -0.15) is 0 Å². The van der Waals surface area contributed by atoms with Crippen LogP contribution in [0.25, 0.3) is 17.1 Å². The van der Waals surface area contributed by atoms with E-state index in [9.17, 15) is 9.59 Å². The van der Waals surface area contributed by atoms with E-state index in [1.165, 1.54) is 22.3 Å². The fourth-order valence-corrected chi connectivity index (χ4v) is 6.55. The van der Waals surface area contributed by atoms with Crippen molar-refractivity contribution in [3.63, 3.8) is 0 Å². The van der Waals surface area contributed by atoms with Gasteiger partial charge in [0.1, 0.15) is 12.9 Å². The third-order valence-electron chi connectivity index (χ3n) is 8.31. The molecule has 1 aliphatic carbocycles. The smallest absolute Gasteiger partial charge is 0.410 e. The van der Waals surface area contributed by atoms with E-state index >= 15 is 0 Å². The lowest BCUT2D eigenvalue weighted by molar-refractivity contribution is 0.0505. The molecule has 3 aliphatic rings. The molecule has 7 rings (SSSR count). The lowest BCUT2D eigenvalue weighted by Crippen LogP contribution is -2.48. The molecule has 0 saturated carbocycles. The van der Waals surface area contributed by atoms with Gasteiger partial charge >= 0.3 is 6.09 Å². The highest BCUT2D eigenvalue weighted by atomic mass is 16.6. The average molecular weight is 506 g/mol. The molecule has 2 aromatic carbocycles. The van der Waals surface area contributed by atoms with Crippen molar-refractivity contribution in [2.75, 3.05) is 6.61 Å². The summed E-state index contributed by atoms with van der Waals surface area (Å²) in [5.74, 6) is 0.414. The molecule has 2 unspecified atom stereocenters. The number of carbonyl (C=O) groups excluding carboxylic acids is 2. The summed E-state index contributed by atoms with van der Waals surface area (Å²) >= 11 is 0. The minimum absolute atomic E-state index is 0.0180. The second-order valence-corrected chi connectivity index (χ2v) is 10.4. The Morgan fingerprint density at radius 2 is 1.53 bits per heavy atom. The van der Waals surface area contributed by atoms with E-state index in [-0.39, 0.29) is 35.8 Å². The largest absolute Gasteiger partial charge is 0.448 e. The Balaban J connectivity index is 1.02. The van der Waals surface area contributed by atoms with Gasteiger partial charge in [0.05, 0.1) is 5.56 Å². The molecule has 8 nitrogen and oxygen atoms in total. The van der Waals surface area contributed by atoms with Crippen LogP contribution in [0.4, 0.5) is 4.79 Å². The first-order chi connectivity index (χ1) is 18.7. The first-order valence-electron chi connectivity index (χ1n) is 13.2. The highest BCUT2D eigenvalue weighted by Crippen LogP contribution is 2.45. The maximum absolute atomic E-state index is 13.3. The monoisotopic (exact) mass is 505 g/mol. The molecular weight excluding hydrogens is 478 g/mol. The Kier molecular flexibility index (Phi) is 5.53. The Labute approximate surface area is 220 Å². The number of fused-ring (bicyclic) bond motifs is 5. The zero-order valence-corrected chi connectivity index (χ0v) is 20.8. The van der Waals surface area contributed by atoms with Crippen LogP contribution in [0, 0.1) is 5.92 Å². The lowest BCUT2D eigenvalue weighted by atomic mass is 9.85. The fourth-order valence-electron chi connectivity index (χ4n) is 6.55. The quantitative estimate of drug-likeness (QED) is 0.353. The van der Waals surface area contributed by atoms with Crippen LogP contribution in [0.3, 0.4) is 0 Å². The maximum atomic E-state index is 13.3. The summed E-state index contributed by atoms with van der Waals surface area (Å²) in [5, 5.41) is 0. The molecule has 8 heteroatoms. The van der Waals surface area contributed by atoms with E-state index < -0.39 is 0 Å². The second kappa shape index (κ2) is 9.20. The van der Waals surface area contributed by atoms with Crippen LogP contribution in [0.1, 0.15) is 53.1 Å². The SMILES string of the molecule is O=C(c1cnc(-n2ccnc2)nc1)C1CC2CCC(C1)N2C(=O)OCC1c2ccccc2-c2ccccc21. The highest BCUT2D eigenvalue weighted by molar-refractivity contribution is 5.97. The van der Waals surface area contributed by atoms with Crippen molar-refractivity contribution < 1.29 is 14.3 Å². The normalized spacial score (nSPS) is 21.7. The topological polar surface area (TPSA) is 90.2 Å². The number of carbonyl (C=O) groups is 2. The third-order valence-corrected chi connectivity index (χ3v) is 8.31. The standard InChI is InChI=1S/C30H27N5O3/c36-28(20-15-32-29(33-16-20)34-12-11-31-18-34)19-13-21-9-10-22(14-19)35(21)30(37)38-17-27-25-7-3-1-5-23(25)24-6-2-4-8-26(24)27/h1-8,11-12,15-16,18-19,21-22,27H,9-10,13-14,17H2. The van der Waals surface area contributed by atoms with Gasteiger partial charge in [-0.05, 0) is 47.9 Å². The summed E-state index contributed by atoms with van der Waals surface area (Å²) in [7, 11) is 0. The van der Waals surface area contributed by atoms with Crippen LogP contribution >= 0.6 is 0 Å². The number of benzene rings is 2. The van der Waals surface area contributed by atoms with Crippen LogP contribution in [0.15, 0.2) is 79.6 Å². The first-order valence-corrected chi connectivity index (χ1v) is 13.2. The van der Waals surface area contributed by atoms with Crippen LogP contribution in [0.2, 0.25) is 0 Å². The molecule has 2 atom stereocenters. The number of ether oxygens (including phenoxy) is 1. The Bertz CT molecular complexity index is 1440. The van der Waals surface area contributed by atoms with Crippen molar-refractivity contribution in [2.24, 2.45) is 5.92 Å². The van der Waals surface area contributed by atoms with Gasteiger partial charge in [-0.1, -0.05) is 48.5 Å². The number of rotatable bonds is 5. The van der Waals surface area contributed by atoms with E-state index in [0.29, 0.717) is 31.0 Å². The highest BCUT2D eigenvalue weighted by Gasteiger charge is 2.46. The number of ketones is 1. The number of piperidine rings is 1. The first kappa shape index (κ1) is 22.8. The number of amides is 1. The van der Waals surface area contributed by atoms with Crippen LogP contribution in [0.5, 0.6) is 0 Å². The minimum atomic E-state index is -0.265. The van der Waals surface area contributed by atoms with Crippen LogP contribution in [-0.4, -0.2) is 55.0 Å². The third kappa shape index (κ3) is 3.79. The number of aromatic nitrogens is 4. The minimum Gasteiger partial charge on any atom is -0.448 e. The summed E-state index contributed by atoms with van der Waals surface area (Å²) in [6, 6.07) is 16.7. The number of hydrogen-bond acceptors (Lipinski definition) is 6. The van der Waals surface area contributed by atoms with Gasteiger partial charge in [0, 0.05) is 48.7 Å². The van der Waals surface area contributed by atoms with Gasteiger partial charge in [-0.3, -0.25) is 9.36 Å². The molecular formula is C30H27N5O3. The Morgan fingerprint density at radius 3 is 2.13 bits per heavy atom. The van der Waals surface area contributed by atoms with Gasteiger partial charge in [-0.25, -0.2) is 19.7 Å². The second-order valence-electron chi connectivity index (χ2n) is 10.4. The maximum Gasteiger partial charge on any atom is 0.410 e. The summed E-state index contributed by atoms with van der Waals surface area (Å²) in [5.41, 5.74) is 5.34. The Morgan fingerprint density at radius 1 is 0.895 bits per heavy atom. The Hall–Kier alpha value is -4.33. The molecule has 1 amide bonds. The van der Waals surface area contributed by atoms with Crippen LogP contribution < -0.4 is 0 Å². The molecule has 4 heterocycles. The van der Waals surface area contributed by atoms with Gasteiger partial charge in [0.15, 0.2) is 5.78 Å². The van der Waals surface area contributed by atoms with Gasteiger partial charge in [0.25, 0.3) is 0 Å². The predicted molar refractivity (Wildman–Crippen MR) is 140 cm³/mol. The van der Waals surface area contributed by atoms with Crippen molar-refractivity contribution in [2.45, 2.75) is 43.7 Å². The van der Waals surface area contributed by atoms with E-state index in [0.717, 1.165) is 12.8 Å². The van der Waals surface area contributed by atoms with Gasteiger partial charge in [-0.15, -0.1) is 0 Å². The summed E-state index contributed by atoms with van der Waals surface area (Å²) < 4.78 is 7.66. The number of imidazole rings is 1. The zero-order chi connectivity index (χ0) is 25.6. The van der Waals surface area contributed by atoms with E-state index in [1.807, 2.05) is 29.2 Å².